The van der Waals surface area contributed by atoms with Crippen LogP contribution in [0.4, 0.5) is 0 Å². The number of hydrazine groups is 1. The number of methoxy groups -OCH3 is 2. The molecule has 4 aromatic carbocycles. The quantitative estimate of drug-likeness (QED) is 0.0353. The van der Waals surface area contributed by atoms with Gasteiger partial charge in [-0.05, 0) is 76.7 Å². The van der Waals surface area contributed by atoms with Crippen molar-refractivity contribution in [2.45, 2.75) is 37.5 Å². The summed E-state index contributed by atoms with van der Waals surface area (Å²) < 4.78 is 23.3. The molecule has 1 aliphatic heterocycles. The number of rotatable bonds is 18. The molecule has 0 aliphatic carbocycles. The van der Waals surface area contributed by atoms with Crippen molar-refractivity contribution < 1.29 is 28.8 Å². The lowest BCUT2D eigenvalue weighted by atomic mass is 9.82. The molecule has 1 heterocycles. The number of aliphatic imine (C=N–C) groups is 1. The zero-order valence-corrected chi connectivity index (χ0v) is 28.7. The van der Waals surface area contributed by atoms with E-state index in [0.29, 0.717) is 59.9 Å². The Morgan fingerprint density at radius 3 is 2.51 bits per heavy atom. The number of amides is 1. The number of nitrogens with one attached hydrogen (secondary N) is 2. The van der Waals surface area contributed by atoms with Gasteiger partial charge in [0.1, 0.15) is 17.2 Å². The summed E-state index contributed by atoms with van der Waals surface area (Å²) in [4.78, 5) is 22.6. The summed E-state index contributed by atoms with van der Waals surface area (Å²) in [7, 11) is 3.22. The first-order valence-electron chi connectivity index (χ1n) is 16.7. The van der Waals surface area contributed by atoms with Crippen molar-refractivity contribution in [3.8, 4) is 17.2 Å². The first-order chi connectivity index (χ1) is 25.0. The molecule has 0 fully saturated rings. The van der Waals surface area contributed by atoms with Crippen LogP contribution >= 0.6 is 0 Å². The third-order valence-electron chi connectivity index (χ3n) is 8.42. The van der Waals surface area contributed by atoms with Crippen molar-refractivity contribution in [1.29, 1.82) is 0 Å². The van der Waals surface area contributed by atoms with Gasteiger partial charge in [-0.3, -0.25) is 10.2 Å². The van der Waals surface area contributed by atoms with Crippen LogP contribution in [0.5, 0.6) is 17.2 Å². The van der Waals surface area contributed by atoms with Gasteiger partial charge in [0, 0.05) is 36.5 Å². The molecule has 0 saturated heterocycles. The minimum Gasteiger partial charge on any atom is -0.497 e. The summed E-state index contributed by atoms with van der Waals surface area (Å²) in [5.74, 6) is 1.93. The van der Waals surface area contributed by atoms with Gasteiger partial charge in [-0.2, -0.15) is 0 Å². The lowest BCUT2D eigenvalue weighted by Gasteiger charge is -2.31. The number of azide groups is 1. The van der Waals surface area contributed by atoms with Crippen molar-refractivity contribution in [2.75, 3.05) is 34.0 Å². The van der Waals surface area contributed by atoms with Gasteiger partial charge in [0.2, 0.25) is 5.90 Å². The number of nitrogens with zero attached hydrogens (tertiary/aromatic N) is 4. The average molecular weight is 691 g/mol. The number of hydrogen-bond acceptors (Lipinski definition) is 9. The number of carbonyl (C=O) groups is 1. The van der Waals surface area contributed by atoms with Crippen LogP contribution in [0, 0.1) is 0 Å². The zero-order valence-electron chi connectivity index (χ0n) is 28.7. The molecule has 3 N–H and O–H groups in total. The van der Waals surface area contributed by atoms with E-state index in [4.69, 9.17) is 34.6 Å². The predicted octanol–water partition coefficient (Wildman–Crippen LogP) is 6.50. The topological polar surface area (TPSA) is 159 Å². The van der Waals surface area contributed by atoms with E-state index in [0.717, 1.165) is 11.1 Å². The largest absolute Gasteiger partial charge is 0.497 e. The van der Waals surface area contributed by atoms with Gasteiger partial charge in [0.25, 0.3) is 5.91 Å². The highest BCUT2D eigenvalue weighted by Gasteiger charge is 2.53. The second-order valence-electron chi connectivity index (χ2n) is 11.7. The predicted molar refractivity (Wildman–Crippen MR) is 196 cm³/mol. The van der Waals surface area contributed by atoms with Crippen LogP contribution in [0.15, 0.2) is 113 Å². The van der Waals surface area contributed by atoms with Gasteiger partial charge in [0.05, 0.1) is 27.4 Å². The van der Waals surface area contributed by atoms with E-state index in [1.165, 1.54) is 0 Å². The molecule has 2 atom stereocenters. The van der Waals surface area contributed by atoms with Crippen molar-refractivity contribution >= 4 is 17.9 Å². The summed E-state index contributed by atoms with van der Waals surface area (Å²) in [5, 5.41) is 12.9. The number of benzene rings is 4. The maximum absolute atomic E-state index is 14.6. The fourth-order valence-corrected chi connectivity index (χ4v) is 5.80. The number of carbonyl (C=O) groups excluding carboxylic acids is 1. The molecule has 12 nitrogen and oxygen atoms in total. The van der Waals surface area contributed by atoms with Crippen LogP contribution in [-0.4, -0.2) is 56.4 Å². The van der Waals surface area contributed by atoms with Crippen molar-refractivity contribution in [3.63, 3.8) is 0 Å². The molecule has 1 aliphatic rings. The van der Waals surface area contributed by atoms with Crippen LogP contribution in [0.1, 0.15) is 46.8 Å². The minimum absolute atomic E-state index is 0.0399. The summed E-state index contributed by atoms with van der Waals surface area (Å²) in [6, 6.07) is 30.1. The van der Waals surface area contributed by atoms with Gasteiger partial charge in [-0.25, -0.2) is 10.4 Å². The maximum atomic E-state index is 14.6. The molecule has 5 rings (SSSR count). The number of ether oxygens (including phenoxy) is 4. The molecule has 0 unspecified atom stereocenters. The monoisotopic (exact) mass is 690 g/mol. The molecule has 0 radical (unpaired) electrons. The Morgan fingerprint density at radius 2 is 1.76 bits per heavy atom. The fourth-order valence-electron chi connectivity index (χ4n) is 5.80. The Balaban J connectivity index is 1.50. The van der Waals surface area contributed by atoms with Gasteiger partial charge in [-0.1, -0.05) is 71.9 Å². The Kier molecular flexibility index (Phi) is 13.1. The fraction of sp³-hybridized carbons (Fsp3) is 0.282. The summed E-state index contributed by atoms with van der Waals surface area (Å²) in [5.41, 5.74) is 17.6. The number of aliphatic hydroxyl groups excluding tert-OH is 1. The Morgan fingerprint density at radius 1 is 1.00 bits per heavy atom. The van der Waals surface area contributed by atoms with E-state index < -0.39 is 17.6 Å². The van der Waals surface area contributed by atoms with E-state index in [2.05, 4.69) is 20.9 Å². The summed E-state index contributed by atoms with van der Waals surface area (Å²) in [6.07, 6.45) is 4.24. The van der Waals surface area contributed by atoms with Crippen LogP contribution in [0.25, 0.3) is 16.5 Å². The van der Waals surface area contributed by atoms with Crippen LogP contribution < -0.4 is 25.1 Å². The molecule has 12 heteroatoms. The standard InChI is InChI=1S/C39H42N6O6/c1-48-33-19-20-35(49-2)30(26-33)21-23-41-44-38(47)39(22-8-12-28-10-4-3-5-11-28)36(34-14-7-6-13-31(34)27-42-45-40)51-37(43-39)29-15-17-32(18-16-29)50-25-9-24-46/h3-8,10-20,26,36,41,46H,9,21-25,27H2,1-2H3,(H,44,47)/b12-8+/t36-,39-/m0/s1. The average Bonchev–Trinajstić information content (AvgIpc) is 3.56. The number of aliphatic hydroxyl groups is 1. The minimum atomic E-state index is -1.47. The first-order valence-corrected chi connectivity index (χ1v) is 16.7. The molecular weight excluding hydrogens is 648 g/mol. The lowest BCUT2D eigenvalue weighted by Crippen LogP contribution is -2.53. The second-order valence-corrected chi connectivity index (χ2v) is 11.7. The normalized spacial score (nSPS) is 16.5. The Hall–Kier alpha value is -5.81. The SMILES string of the molecule is COc1ccc(OC)c(CCNNC(=O)[C@@]2(C/C=C/c3ccccc3)N=C(c3ccc(OCCCO)cc3)O[C@H]2c2ccccc2CN=[N+]=[N-])c1. The molecule has 0 spiro atoms. The van der Waals surface area contributed by atoms with Gasteiger partial charge < -0.3 is 24.1 Å². The zero-order chi connectivity index (χ0) is 35.9. The van der Waals surface area contributed by atoms with Crippen LogP contribution in [0.3, 0.4) is 0 Å². The van der Waals surface area contributed by atoms with E-state index in [-0.39, 0.29) is 25.5 Å². The third kappa shape index (κ3) is 9.25. The van der Waals surface area contributed by atoms with Gasteiger partial charge in [-0.15, -0.1) is 0 Å². The highest BCUT2D eigenvalue weighted by molar-refractivity contribution is 6.01. The Bertz CT molecular complexity index is 1860. The molecular formula is C39H42N6O6. The molecule has 1 amide bonds. The smallest absolute Gasteiger partial charge is 0.266 e. The van der Waals surface area contributed by atoms with Crippen molar-refractivity contribution in [3.05, 3.63) is 141 Å². The van der Waals surface area contributed by atoms with E-state index >= 15 is 0 Å². The second kappa shape index (κ2) is 18.3. The lowest BCUT2D eigenvalue weighted by molar-refractivity contribution is -0.129. The van der Waals surface area contributed by atoms with E-state index in [1.54, 1.807) is 26.4 Å². The maximum Gasteiger partial charge on any atom is 0.266 e. The molecule has 264 valence electrons. The first kappa shape index (κ1) is 36.5. The van der Waals surface area contributed by atoms with Crippen LogP contribution in [0.2, 0.25) is 0 Å². The molecule has 0 bridgehead atoms. The molecule has 51 heavy (non-hydrogen) atoms. The molecule has 0 saturated carbocycles. The third-order valence-corrected chi connectivity index (χ3v) is 8.42. The van der Waals surface area contributed by atoms with Crippen LogP contribution in [-0.2, 0) is 22.5 Å². The molecule has 0 aromatic heterocycles. The number of hydrogen-bond donors (Lipinski definition) is 3. The summed E-state index contributed by atoms with van der Waals surface area (Å²) in [6.45, 7) is 0.878. The van der Waals surface area contributed by atoms with Crippen molar-refractivity contribution in [2.24, 2.45) is 10.1 Å². The van der Waals surface area contributed by atoms with E-state index in [9.17, 15) is 4.79 Å². The van der Waals surface area contributed by atoms with E-state index in [1.807, 2.05) is 97.1 Å². The highest BCUT2D eigenvalue weighted by Crippen LogP contribution is 2.44. The summed E-state index contributed by atoms with van der Waals surface area (Å²) >= 11 is 0. The highest BCUT2D eigenvalue weighted by atomic mass is 16.5. The van der Waals surface area contributed by atoms with Gasteiger partial charge in [0.15, 0.2) is 11.6 Å². The molecule has 4 aromatic rings. The van der Waals surface area contributed by atoms with Gasteiger partial charge >= 0.3 is 0 Å². The Labute approximate surface area is 297 Å². The van der Waals surface area contributed by atoms with Crippen molar-refractivity contribution in [1.82, 2.24) is 10.9 Å².